The van der Waals surface area contributed by atoms with Crippen LogP contribution < -0.4 is 0 Å². The van der Waals surface area contributed by atoms with E-state index in [0.717, 1.165) is 6.07 Å². The van der Waals surface area contributed by atoms with Crippen molar-refractivity contribution in [2.75, 3.05) is 13.1 Å². The third-order valence-electron chi connectivity index (χ3n) is 3.45. The molecule has 0 aliphatic carbocycles. The van der Waals surface area contributed by atoms with Crippen molar-refractivity contribution in [2.24, 2.45) is 5.92 Å². The molecular formula is C13H13ClN2O5. The molecule has 0 radical (unpaired) electrons. The number of piperidine rings is 1. The van der Waals surface area contributed by atoms with Crippen LogP contribution in [0.2, 0.25) is 5.02 Å². The van der Waals surface area contributed by atoms with E-state index in [1.807, 2.05) is 0 Å². The number of rotatable bonds is 3. The lowest BCUT2D eigenvalue weighted by molar-refractivity contribution is -0.384. The van der Waals surface area contributed by atoms with Gasteiger partial charge in [0.1, 0.15) is 0 Å². The average molecular weight is 313 g/mol. The van der Waals surface area contributed by atoms with Gasteiger partial charge in [-0.05, 0) is 18.9 Å². The molecule has 2 rings (SSSR count). The van der Waals surface area contributed by atoms with Gasteiger partial charge < -0.3 is 10.0 Å². The number of halogens is 1. The Labute approximate surface area is 125 Å². The van der Waals surface area contributed by atoms with Crippen LogP contribution in [0.15, 0.2) is 18.2 Å². The summed E-state index contributed by atoms with van der Waals surface area (Å²) in [7, 11) is 0. The second kappa shape index (κ2) is 6.09. The van der Waals surface area contributed by atoms with Crippen molar-refractivity contribution in [3.8, 4) is 0 Å². The number of hydrogen-bond donors (Lipinski definition) is 1. The zero-order valence-corrected chi connectivity index (χ0v) is 11.7. The molecule has 0 saturated carbocycles. The fourth-order valence-corrected chi connectivity index (χ4v) is 2.58. The summed E-state index contributed by atoms with van der Waals surface area (Å²) in [5.41, 5.74) is -0.0492. The molecule has 21 heavy (non-hydrogen) atoms. The Morgan fingerprint density at radius 2 is 2.14 bits per heavy atom. The zero-order chi connectivity index (χ0) is 15.6. The zero-order valence-electron chi connectivity index (χ0n) is 11.0. The number of benzene rings is 1. The van der Waals surface area contributed by atoms with E-state index in [9.17, 15) is 19.7 Å². The van der Waals surface area contributed by atoms with Crippen molar-refractivity contribution in [1.29, 1.82) is 0 Å². The van der Waals surface area contributed by atoms with Gasteiger partial charge in [-0.2, -0.15) is 0 Å². The Morgan fingerprint density at radius 1 is 1.43 bits per heavy atom. The Morgan fingerprint density at radius 3 is 2.71 bits per heavy atom. The maximum atomic E-state index is 12.3. The van der Waals surface area contributed by atoms with Gasteiger partial charge >= 0.3 is 5.97 Å². The van der Waals surface area contributed by atoms with Crippen LogP contribution >= 0.6 is 11.6 Å². The Hall–Kier alpha value is -2.15. The highest BCUT2D eigenvalue weighted by molar-refractivity contribution is 6.34. The molecule has 1 saturated heterocycles. The van der Waals surface area contributed by atoms with E-state index in [0.29, 0.717) is 19.4 Å². The van der Waals surface area contributed by atoms with Crippen LogP contribution in [-0.2, 0) is 4.79 Å². The van der Waals surface area contributed by atoms with Crippen LogP contribution in [0.5, 0.6) is 0 Å². The Kier molecular flexibility index (Phi) is 4.42. The molecule has 0 spiro atoms. The van der Waals surface area contributed by atoms with Gasteiger partial charge in [0.25, 0.3) is 11.6 Å². The number of carboxylic acid groups (broad SMARTS) is 1. The highest BCUT2D eigenvalue weighted by Gasteiger charge is 2.29. The molecule has 0 aromatic heterocycles. The number of carboxylic acids is 1. The van der Waals surface area contributed by atoms with Crippen molar-refractivity contribution in [3.63, 3.8) is 0 Å². The first-order chi connectivity index (χ1) is 9.90. The fraction of sp³-hybridized carbons (Fsp3) is 0.385. The first kappa shape index (κ1) is 15.2. The third kappa shape index (κ3) is 3.30. The lowest BCUT2D eigenvalue weighted by Gasteiger charge is -2.30. The highest BCUT2D eigenvalue weighted by Crippen LogP contribution is 2.25. The summed E-state index contributed by atoms with van der Waals surface area (Å²) in [6.45, 7) is 0.581. The molecule has 8 heteroatoms. The number of likely N-dealkylation sites (tertiary alicyclic amines) is 1. The highest BCUT2D eigenvalue weighted by atomic mass is 35.5. The molecule has 1 aliphatic heterocycles. The number of hydrogen-bond acceptors (Lipinski definition) is 4. The minimum Gasteiger partial charge on any atom is -0.481 e. The van der Waals surface area contributed by atoms with Gasteiger partial charge in [0.15, 0.2) is 0 Å². The van der Waals surface area contributed by atoms with E-state index < -0.39 is 22.7 Å². The molecule has 112 valence electrons. The Bertz CT molecular complexity index is 604. The van der Waals surface area contributed by atoms with Crippen molar-refractivity contribution in [3.05, 3.63) is 38.9 Å². The van der Waals surface area contributed by atoms with Crippen molar-refractivity contribution in [1.82, 2.24) is 4.90 Å². The van der Waals surface area contributed by atoms with E-state index in [4.69, 9.17) is 16.7 Å². The summed E-state index contributed by atoms with van der Waals surface area (Å²) in [6.07, 6.45) is 1.14. The second-order valence-corrected chi connectivity index (χ2v) is 5.26. The van der Waals surface area contributed by atoms with Crippen molar-refractivity contribution < 1.29 is 19.6 Å². The molecule has 1 aromatic carbocycles. The molecule has 0 unspecified atom stereocenters. The van der Waals surface area contributed by atoms with Gasteiger partial charge in [0.2, 0.25) is 0 Å². The minimum atomic E-state index is -0.928. The van der Waals surface area contributed by atoms with E-state index in [1.54, 1.807) is 0 Å². The number of nitro groups is 1. The molecule has 1 aromatic rings. The first-order valence-electron chi connectivity index (χ1n) is 6.36. The number of aliphatic carboxylic acids is 1. The fourth-order valence-electron chi connectivity index (χ4n) is 2.32. The molecule has 1 heterocycles. The standard InChI is InChI=1S/C13H13ClN2O5/c14-11-6-9(16(20)21)3-4-10(11)12(17)15-5-1-2-8(7-15)13(18)19/h3-4,6,8H,1-2,5,7H2,(H,18,19)/t8-/m1/s1. The SMILES string of the molecule is O=C(O)[C@@H]1CCCN(C(=O)c2ccc([N+](=O)[O-])cc2Cl)C1. The molecule has 7 nitrogen and oxygen atoms in total. The first-order valence-corrected chi connectivity index (χ1v) is 6.74. The third-order valence-corrected chi connectivity index (χ3v) is 3.76. The quantitative estimate of drug-likeness (QED) is 0.681. The normalized spacial score (nSPS) is 18.3. The topological polar surface area (TPSA) is 101 Å². The summed E-state index contributed by atoms with van der Waals surface area (Å²) >= 11 is 5.92. The molecule has 1 N–H and O–H groups in total. The number of carbonyl (C=O) groups is 2. The smallest absolute Gasteiger partial charge is 0.308 e. The van der Waals surface area contributed by atoms with Gasteiger partial charge in [0, 0.05) is 25.2 Å². The van der Waals surface area contributed by atoms with Crippen LogP contribution in [0.1, 0.15) is 23.2 Å². The second-order valence-electron chi connectivity index (χ2n) is 4.85. The monoisotopic (exact) mass is 312 g/mol. The summed E-state index contributed by atoms with van der Waals surface area (Å²) in [5, 5.41) is 19.7. The van der Waals surface area contributed by atoms with Crippen molar-refractivity contribution >= 4 is 29.2 Å². The average Bonchev–Trinajstić information content (AvgIpc) is 2.46. The molecule has 1 fully saturated rings. The van der Waals surface area contributed by atoms with E-state index in [1.165, 1.54) is 17.0 Å². The molecule has 1 amide bonds. The number of carbonyl (C=O) groups excluding carboxylic acids is 1. The maximum absolute atomic E-state index is 12.3. The van der Waals surface area contributed by atoms with E-state index in [2.05, 4.69) is 0 Å². The largest absolute Gasteiger partial charge is 0.481 e. The minimum absolute atomic E-state index is 0.00773. The number of nitro benzene ring substituents is 1. The molecule has 1 aliphatic rings. The van der Waals surface area contributed by atoms with E-state index in [-0.39, 0.29) is 22.8 Å². The van der Waals surface area contributed by atoms with Crippen molar-refractivity contribution in [2.45, 2.75) is 12.8 Å². The predicted molar refractivity (Wildman–Crippen MR) is 74.4 cm³/mol. The van der Waals surface area contributed by atoms with E-state index >= 15 is 0 Å². The maximum Gasteiger partial charge on any atom is 0.308 e. The summed E-state index contributed by atoms with van der Waals surface area (Å²) in [4.78, 5) is 34.8. The lowest BCUT2D eigenvalue weighted by Crippen LogP contribution is -2.42. The lowest BCUT2D eigenvalue weighted by atomic mass is 9.97. The van der Waals surface area contributed by atoms with Gasteiger partial charge in [-0.1, -0.05) is 11.6 Å². The Balaban J connectivity index is 2.20. The van der Waals surface area contributed by atoms with Gasteiger partial charge in [-0.15, -0.1) is 0 Å². The molecule has 1 atom stereocenters. The van der Waals surface area contributed by atoms with Gasteiger partial charge in [-0.3, -0.25) is 19.7 Å². The summed E-state index contributed by atoms with van der Waals surface area (Å²) in [6, 6.07) is 3.62. The van der Waals surface area contributed by atoms with Crippen LogP contribution in [0.3, 0.4) is 0 Å². The molecular weight excluding hydrogens is 300 g/mol. The van der Waals surface area contributed by atoms with Gasteiger partial charge in [-0.25, -0.2) is 0 Å². The predicted octanol–water partition coefficient (Wildman–Crippen LogP) is 2.19. The summed E-state index contributed by atoms with van der Waals surface area (Å²) < 4.78 is 0. The number of amides is 1. The van der Waals surface area contributed by atoms with Crippen LogP contribution in [-0.4, -0.2) is 39.9 Å². The van der Waals surface area contributed by atoms with Crippen LogP contribution in [0.4, 0.5) is 5.69 Å². The van der Waals surface area contributed by atoms with Gasteiger partial charge in [0.05, 0.1) is 21.4 Å². The number of non-ortho nitro benzene ring substituents is 1. The summed E-state index contributed by atoms with van der Waals surface area (Å²) in [5.74, 6) is -1.91. The van der Waals surface area contributed by atoms with Crippen LogP contribution in [0, 0.1) is 16.0 Å². The molecule has 0 bridgehead atoms. The number of nitrogens with zero attached hydrogens (tertiary/aromatic N) is 2. The van der Waals surface area contributed by atoms with Crippen LogP contribution in [0.25, 0.3) is 0 Å².